The number of ether oxygens (including phenoxy) is 1. The molecule has 0 bridgehead atoms. The van der Waals surface area contributed by atoms with Gasteiger partial charge in [0.15, 0.2) is 0 Å². The molecule has 0 atom stereocenters. The molecule has 47 valence electrons. The van der Waals surface area contributed by atoms with E-state index in [1.165, 1.54) is 6.47 Å². The van der Waals surface area contributed by atoms with Crippen LogP contribution in [0.3, 0.4) is 0 Å². The van der Waals surface area contributed by atoms with E-state index in [1.807, 2.05) is 0 Å². The molecule has 0 aromatic heterocycles. The molecule has 0 aliphatic rings. The van der Waals surface area contributed by atoms with Crippen molar-refractivity contribution in [3.05, 3.63) is 0 Å². The van der Waals surface area contributed by atoms with Crippen LogP contribution in [0.2, 0.25) is 0 Å². The normalized spacial score (nSPS) is 9.38. The summed E-state index contributed by atoms with van der Waals surface area (Å²) < 4.78 is 4.42. The van der Waals surface area contributed by atoms with Gasteiger partial charge in [0.2, 0.25) is 0 Å². The zero-order chi connectivity index (χ0) is 5.91. The van der Waals surface area contributed by atoms with Crippen molar-refractivity contribution in [2.24, 2.45) is 0 Å². The maximum Gasteiger partial charge on any atom is 0.0623 e. The molecule has 0 saturated heterocycles. The fourth-order valence-electron chi connectivity index (χ4n) is 0.125. The average Bonchev–Trinajstić information content (AvgIpc) is 1.30. The summed E-state index contributed by atoms with van der Waals surface area (Å²) in [7, 11) is 0. The largest absolute Gasteiger partial charge is 0.649 e. The molecule has 0 aromatic carbocycles. The molecule has 0 aromatic rings. The summed E-state index contributed by atoms with van der Waals surface area (Å²) in [6.07, 6.45) is 0. The van der Waals surface area contributed by atoms with Crippen LogP contribution in [0.15, 0.2) is 0 Å². The number of rotatable bonds is 1. The summed E-state index contributed by atoms with van der Waals surface area (Å²) in [5, 5.41) is 0. The van der Waals surface area contributed by atoms with Crippen molar-refractivity contribution in [1.29, 1.82) is 0 Å². The summed E-state index contributed by atoms with van der Waals surface area (Å²) in [6.45, 7) is 6.73. The quantitative estimate of drug-likeness (QED) is 0.457. The standard InChI is InChI=1S/C5H9O2.Nb/c1-5(2,3)7-4-6;/h1-3H3;/q-1;. The van der Waals surface area contributed by atoms with E-state index >= 15 is 0 Å². The molecule has 3 heteroatoms. The molecule has 0 aliphatic heterocycles. The first-order valence-electron chi connectivity index (χ1n) is 2.11. The van der Waals surface area contributed by atoms with Crippen molar-refractivity contribution in [2.45, 2.75) is 26.4 Å². The number of carbonyl (C=O) groups excluding carboxylic acids is 1. The third-order valence-electron chi connectivity index (χ3n) is 0.348. The maximum atomic E-state index is 9.47. The molecular weight excluding hydrogens is 185 g/mol. The Hall–Kier alpha value is 0.210. The van der Waals surface area contributed by atoms with Crippen LogP contribution in [0.25, 0.3) is 0 Å². The van der Waals surface area contributed by atoms with Gasteiger partial charge >= 0.3 is 0 Å². The second kappa shape index (κ2) is 4.13. The molecule has 0 heterocycles. The second-order valence-corrected chi connectivity index (χ2v) is 2.30. The molecule has 0 rings (SSSR count). The van der Waals surface area contributed by atoms with Gasteiger partial charge in [-0.2, -0.15) is 0 Å². The predicted molar refractivity (Wildman–Crippen MR) is 26.5 cm³/mol. The van der Waals surface area contributed by atoms with Crippen molar-refractivity contribution < 1.29 is 31.9 Å². The van der Waals surface area contributed by atoms with Gasteiger partial charge < -0.3 is 9.53 Å². The minimum absolute atomic E-state index is 0. The molecule has 0 spiro atoms. The molecule has 1 radical (unpaired) electrons. The van der Waals surface area contributed by atoms with Gasteiger partial charge in [0.25, 0.3) is 0 Å². The van der Waals surface area contributed by atoms with Crippen LogP contribution in [0.1, 0.15) is 20.8 Å². The van der Waals surface area contributed by atoms with E-state index < -0.39 is 0 Å². The van der Waals surface area contributed by atoms with E-state index in [2.05, 4.69) is 4.74 Å². The summed E-state index contributed by atoms with van der Waals surface area (Å²) >= 11 is 0. The van der Waals surface area contributed by atoms with Crippen LogP contribution in [0.4, 0.5) is 0 Å². The van der Waals surface area contributed by atoms with Crippen molar-refractivity contribution >= 4 is 6.47 Å². The average molecular weight is 194 g/mol. The Bertz CT molecular complexity index is 65.3. The molecule has 0 saturated carbocycles. The number of hydrogen-bond donors (Lipinski definition) is 0. The van der Waals surface area contributed by atoms with Gasteiger partial charge in [-0.15, -0.1) is 0 Å². The maximum absolute atomic E-state index is 9.47. The summed E-state index contributed by atoms with van der Waals surface area (Å²) in [5.74, 6) is 0. The minimum Gasteiger partial charge on any atom is -0.649 e. The van der Waals surface area contributed by atoms with Crippen LogP contribution >= 0.6 is 0 Å². The van der Waals surface area contributed by atoms with E-state index in [-0.39, 0.29) is 28.0 Å². The van der Waals surface area contributed by atoms with Crippen molar-refractivity contribution in [3.63, 3.8) is 0 Å². The first-order chi connectivity index (χ1) is 3.06. The SMILES string of the molecule is CC(C)(C)O[C-]=O.[Nb]. The van der Waals surface area contributed by atoms with Gasteiger partial charge in [0, 0.05) is 22.4 Å². The van der Waals surface area contributed by atoms with Crippen LogP contribution in [-0.4, -0.2) is 12.1 Å². The molecule has 0 N–H and O–H groups in total. The monoisotopic (exact) mass is 194 g/mol. The van der Waals surface area contributed by atoms with Crippen LogP contribution < -0.4 is 0 Å². The van der Waals surface area contributed by atoms with Gasteiger partial charge in [0.1, 0.15) is 0 Å². The first-order valence-corrected chi connectivity index (χ1v) is 2.11. The Morgan fingerprint density at radius 3 is 1.75 bits per heavy atom. The predicted octanol–water partition coefficient (Wildman–Crippen LogP) is 0.866. The molecule has 2 nitrogen and oxygen atoms in total. The number of hydrogen-bond acceptors (Lipinski definition) is 2. The zero-order valence-electron chi connectivity index (χ0n) is 5.26. The fourth-order valence-corrected chi connectivity index (χ4v) is 0.125. The van der Waals surface area contributed by atoms with E-state index in [4.69, 9.17) is 0 Å². The molecule has 0 unspecified atom stereocenters. The summed E-state index contributed by atoms with van der Waals surface area (Å²) in [4.78, 5) is 9.47. The summed E-state index contributed by atoms with van der Waals surface area (Å²) in [5.41, 5.74) is -0.373. The minimum atomic E-state index is -0.373. The summed E-state index contributed by atoms with van der Waals surface area (Å²) in [6, 6.07) is 0. The van der Waals surface area contributed by atoms with E-state index in [0.717, 1.165) is 0 Å². The van der Waals surface area contributed by atoms with E-state index in [0.29, 0.717) is 0 Å². The van der Waals surface area contributed by atoms with Gasteiger partial charge in [-0.25, -0.2) is 0 Å². The molecule has 0 aliphatic carbocycles. The van der Waals surface area contributed by atoms with Crippen molar-refractivity contribution in [2.75, 3.05) is 0 Å². The van der Waals surface area contributed by atoms with Crippen LogP contribution in [-0.2, 0) is 31.9 Å². The van der Waals surface area contributed by atoms with E-state index in [1.54, 1.807) is 20.8 Å². The topological polar surface area (TPSA) is 26.3 Å². The molecule has 0 fully saturated rings. The Balaban J connectivity index is 0. The Kier molecular flexibility index (Phi) is 5.71. The second-order valence-electron chi connectivity index (χ2n) is 2.30. The smallest absolute Gasteiger partial charge is 0.0623 e. The first kappa shape index (κ1) is 11.1. The van der Waals surface area contributed by atoms with Crippen LogP contribution in [0, 0.1) is 0 Å². The van der Waals surface area contributed by atoms with Crippen molar-refractivity contribution in [1.82, 2.24) is 0 Å². The third-order valence-corrected chi connectivity index (χ3v) is 0.348. The Morgan fingerprint density at radius 2 is 1.75 bits per heavy atom. The van der Waals surface area contributed by atoms with Gasteiger partial charge in [-0.3, -0.25) is 0 Å². The fraction of sp³-hybridized carbons (Fsp3) is 0.800. The Morgan fingerprint density at radius 1 is 1.38 bits per heavy atom. The van der Waals surface area contributed by atoms with E-state index in [9.17, 15) is 4.79 Å². The molecule has 8 heavy (non-hydrogen) atoms. The Labute approximate surface area is 65.1 Å². The molecular formula is C5H9NbO2-. The molecule has 0 amide bonds. The van der Waals surface area contributed by atoms with Crippen LogP contribution in [0.5, 0.6) is 0 Å². The van der Waals surface area contributed by atoms with Gasteiger partial charge in [-0.05, 0) is 20.8 Å². The van der Waals surface area contributed by atoms with Gasteiger partial charge in [0.05, 0.1) is 5.60 Å². The van der Waals surface area contributed by atoms with Gasteiger partial charge in [-0.1, -0.05) is 6.47 Å². The third kappa shape index (κ3) is 9.51. The van der Waals surface area contributed by atoms with Crippen molar-refractivity contribution in [3.8, 4) is 0 Å². The zero-order valence-corrected chi connectivity index (χ0v) is 7.46.